The number of fused-ring (bicyclic) bond motifs is 2. The van der Waals surface area contributed by atoms with Crippen LogP contribution in [0.3, 0.4) is 0 Å². The second-order valence-electron chi connectivity index (χ2n) is 6.18. The normalized spacial score (nSPS) is 12.7. The molecule has 0 heterocycles. The summed E-state index contributed by atoms with van der Waals surface area (Å²) in [5.41, 5.74) is 9.55. The Bertz CT molecular complexity index is 1050. The summed E-state index contributed by atoms with van der Waals surface area (Å²) in [5, 5.41) is 10.5. The zero-order valence-corrected chi connectivity index (χ0v) is 13.5. The lowest BCUT2D eigenvalue weighted by Gasteiger charge is -2.22. The number of carbonyl (C=O) groups is 2. The molecule has 0 atom stereocenters. The molecule has 4 rings (SSSR count). The monoisotopic (exact) mass is 329 g/mol. The van der Waals surface area contributed by atoms with Crippen molar-refractivity contribution in [1.82, 2.24) is 0 Å². The van der Waals surface area contributed by atoms with Gasteiger partial charge in [-0.25, -0.2) is 0 Å². The number of anilines is 1. The van der Waals surface area contributed by atoms with E-state index in [9.17, 15) is 14.7 Å². The molecule has 0 bridgehead atoms. The van der Waals surface area contributed by atoms with Crippen LogP contribution in [0.1, 0.15) is 37.4 Å². The molecule has 0 aliphatic heterocycles. The number of benzene rings is 3. The number of carbonyl (C=O) groups excluding carboxylic acids is 2. The van der Waals surface area contributed by atoms with Crippen molar-refractivity contribution in [2.45, 2.75) is 6.92 Å². The van der Waals surface area contributed by atoms with E-state index >= 15 is 0 Å². The highest BCUT2D eigenvalue weighted by Gasteiger charge is 2.34. The van der Waals surface area contributed by atoms with Crippen LogP contribution in [0.5, 0.6) is 5.75 Å². The van der Waals surface area contributed by atoms with E-state index in [1.165, 1.54) is 6.07 Å². The van der Waals surface area contributed by atoms with E-state index in [0.29, 0.717) is 11.1 Å². The van der Waals surface area contributed by atoms with E-state index in [2.05, 4.69) is 0 Å². The van der Waals surface area contributed by atoms with Crippen LogP contribution in [-0.4, -0.2) is 16.7 Å². The van der Waals surface area contributed by atoms with Gasteiger partial charge in [0.15, 0.2) is 11.6 Å². The first-order valence-electron chi connectivity index (χ1n) is 7.90. The minimum atomic E-state index is -0.384. The van der Waals surface area contributed by atoms with E-state index in [4.69, 9.17) is 5.73 Å². The number of nitrogens with two attached hydrogens (primary N) is 1. The number of phenolic OH excluding ortho intramolecular Hbond substituents is 1. The first-order valence-corrected chi connectivity index (χ1v) is 7.90. The Labute approximate surface area is 144 Å². The number of ketones is 2. The smallest absolute Gasteiger partial charge is 0.198 e. The highest BCUT2D eigenvalue weighted by atomic mass is 16.3. The lowest BCUT2D eigenvalue weighted by atomic mass is 9.81. The molecule has 0 aromatic heterocycles. The van der Waals surface area contributed by atoms with Crippen molar-refractivity contribution in [2.75, 3.05) is 5.73 Å². The maximum atomic E-state index is 12.9. The zero-order valence-electron chi connectivity index (χ0n) is 13.5. The molecule has 3 aromatic carbocycles. The molecule has 3 N–H and O–H groups in total. The first-order chi connectivity index (χ1) is 12.0. The van der Waals surface area contributed by atoms with Gasteiger partial charge in [-0.1, -0.05) is 54.1 Å². The molecule has 4 nitrogen and oxygen atoms in total. The van der Waals surface area contributed by atoms with Gasteiger partial charge in [-0.2, -0.15) is 0 Å². The Hall–Kier alpha value is -3.40. The predicted molar refractivity (Wildman–Crippen MR) is 96.0 cm³/mol. The molecule has 0 fully saturated rings. The summed E-state index contributed by atoms with van der Waals surface area (Å²) >= 11 is 0. The van der Waals surface area contributed by atoms with Gasteiger partial charge in [0, 0.05) is 16.7 Å². The van der Waals surface area contributed by atoms with Crippen LogP contribution in [0.2, 0.25) is 0 Å². The standard InChI is InChI=1S/C21H15NO3/c1-11-6-8-12(9-7-11)15-10-16(23)17-18(19(15)22)21(25)14-5-3-2-4-13(14)20(17)24/h2-10,23H,22H2,1H3. The largest absolute Gasteiger partial charge is 0.507 e. The topological polar surface area (TPSA) is 80.4 Å². The molecular formula is C21H15NO3. The van der Waals surface area contributed by atoms with E-state index < -0.39 is 0 Å². The summed E-state index contributed by atoms with van der Waals surface area (Å²) < 4.78 is 0. The van der Waals surface area contributed by atoms with Gasteiger partial charge >= 0.3 is 0 Å². The fraction of sp³-hybridized carbons (Fsp3) is 0.0476. The molecule has 0 radical (unpaired) electrons. The Morgan fingerprint density at radius 1 is 0.800 bits per heavy atom. The van der Waals surface area contributed by atoms with Gasteiger partial charge < -0.3 is 10.8 Å². The van der Waals surface area contributed by atoms with Gasteiger partial charge in [-0.3, -0.25) is 9.59 Å². The van der Waals surface area contributed by atoms with Crippen LogP contribution in [0.4, 0.5) is 5.69 Å². The molecule has 1 aliphatic rings. The highest BCUT2D eigenvalue weighted by molar-refractivity contribution is 6.31. The summed E-state index contributed by atoms with van der Waals surface area (Å²) in [5.74, 6) is -0.954. The number of hydrogen-bond donors (Lipinski definition) is 2. The summed E-state index contributed by atoms with van der Waals surface area (Å²) in [4.78, 5) is 25.7. The summed E-state index contributed by atoms with van der Waals surface area (Å²) in [6.45, 7) is 1.97. The lowest BCUT2D eigenvalue weighted by Crippen LogP contribution is -2.22. The quantitative estimate of drug-likeness (QED) is 0.412. The van der Waals surface area contributed by atoms with E-state index in [1.807, 2.05) is 31.2 Å². The fourth-order valence-corrected chi connectivity index (χ4v) is 3.27. The van der Waals surface area contributed by atoms with Crippen LogP contribution in [0.25, 0.3) is 11.1 Å². The Balaban J connectivity index is 2.01. The second-order valence-corrected chi connectivity index (χ2v) is 6.18. The first kappa shape index (κ1) is 15.1. The highest BCUT2D eigenvalue weighted by Crippen LogP contribution is 2.41. The van der Waals surface area contributed by atoms with Crippen LogP contribution in [-0.2, 0) is 0 Å². The third-order valence-electron chi connectivity index (χ3n) is 4.58. The maximum absolute atomic E-state index is 12.9. The van der Waals surface area contributed by atoms with Gasteiger partial charge in [0.05, 0.1) is 16.8 Å². The third kappa shape index (κ3) is 2.15. The molecule has 1 aliphatic carbocycles. The molecule has 0 amide bonds. The number of nitrogen functional groups attached to an aromatic ring is 1. The van der Waals surface area contributed by atoms with Crippen LogP contribution in [0, 0.1) is 6.92 Å². The number of aromatic hydroxyl groups is 1. The van der Waals surface area contributed by atoms with Crippen molar-refractivity contribution in [3.8, 4) is 16.9 Å². The molecule has 0 saturated carbocycles. The van der Waals surface area contributed by atoms with Crippen molar-refractivity contribution in [3.05, 3.63) is 82.4 Å². The van der Waals surface area contributed by atoms with Gasteiger partial charge in [0.25, 0.3) is 0 Å². The van der Waals surface area contributed by atoms with Crippen molar-refractivity contribution < 1.29 is 14.7 Å². The minimum Gasteiger partial charge on any atom is -0.507 e. The average Bonchev–Trinajstić information content (AvgIpc) is 2.62. The van der Waals surface area contributed by atoms with Gasteiger partial charge in [-0.15, -0.1) is 0 Å². The van der Waals surface area contributed by atoms with Crippen LogP contribution >= 0.6 is 0 Å². The number of aryl methyl sites for hydroxylation is 1. The summed E-state index contributed by atoms with van der Waals surface area (Å²) in [6.07, 6.45) is 0. The average molecular weight is 329 g/mol. The Kier molecular flexibility index (Phi) is 3.22. The predicted octanol–water partition coefficient (Wildman–Crippen LogP) is 3.73. The maximum Gasteiger partial charge on any atom is 0.198 e. The number of phenols is 1. The SMILES string of the molecule is Cc1ccc(-c2cc(O)c3c(c2N)C(=O)c2ccccc2C3=O)cc1. The second kappa shape index (κ2) is 5.31. The zero-order chi connectivity index (χ0) is 17.7. The van der Waals surface area contributed by atoms with Gasteiger partial charge in [-0.05, 0) is 18.6 Å². The number of rotatable bonds is 1. The summed E-state index contributed by atoms with van der Waals surface area (Å²) in [6, 6.07) is 15.6. The molecule has 0 spiro atoms. The Morgan fingerprint density at radius 3 is 1.96 bits per heavy atom. The van der Waals surface area contributed by atoms with Crippen LogP contribution < -0.4 is 5.73 Å². The molecule has 0 unspecified atom stereocenters. The van der Waals surface area contributed by atoms with Gasteiger partial charge in [0.1, 0.15) is 5.75 Å². The van der Waals surface area contributed by atoms with Gasteiger partial charge in [0.2, 0.25) is 0 Å². The van der Waals surface area contributed by atoms with E-state index in [-0.39, 0.29) is 39.7 Å². The molecular weight excluding hydrogens is 314 g/mol. The van der Waals surface area contributed by atoms with E-state index in [0.717, 1.165) is 11.1 Å². The number of hydrogen-bond acceptors (Lipinski definition) is 4. The van der Waals surface area contributed by atoms with Crippen LogP contribution in [0.15, 0.2) is 54.6 Å². The van der Waals surface area contributed by atoms with Crippen molar-refractivity contribution in [3.63, 3.8) is 0 Å². The molecule has 3 aromatic rings. The molecule has 25 heavy (non-hydrogen) atoms. The summed E-state index contributed by atoms with van der Waals surface area (Å²) in [7, 11) is 0. The van der Waals surface area contributed by atoms with E-state index in [1.54, 1.807) is 24.3 Å². The molecule has 4 heteroatoms. The lowest BCUT2D eigenvalue weighted by molar-refractivity contribution is 0.0977. The fourth-order valence-electron chi connectivity index (χ4n) is 3.27. The van der Waals surface area contributed by atoms with Crippen molar-refractivity contribution in [2.24, 2.45) is 0 Å². The Morgan fingerprint density at radius 2 is 1.36 bits per heavy atom. The molecule has 122 valence electrons. The van der Waals surface area contributed by atoms with Crippen molar-refractivity contribution >= 4 is 17.3 Å². The van der Waals surface area contributed by atoms with Crippen molar-refractivity contribution in [1.29, 1.82) is 0 Å². The third-order valence-corrected chi connectivity index (χ3v) is 4.58. The minimum absolute atomic E-state index is 0.0166. The molecule has 0 saturated heterocycles.